The van der Waals surface area contributed by atoms with E-state index in [9.17, 15) is 18.0 Å². The van der Waals surface area contributed by atoms with Crippen LogP contribution in [0, 0.1) is 0 Å². The average Bonchev–Trinajstić information content (AvgIpc) is 3.01. The first kappa shape index (κ1) is 25.3. The van der Waals surface area contributed by atoms with Crippen molar-refractivity contribution in [1.82, 2.24) is 9.80 Å². The quantitative estimate of drug-likeness (QED) is 0.760. The van der Waals surface area contributed by atoms with Crippen molar-refractivity contribution in [2.24, 2.45) is 5.73 Å². The molecule has 1 saturated heterocycles. The van der Waals surface area contributed by atoms with Gasteiger partial charge in [0.2, 0.25) is 0 Å². The first-order chi connectivity index (χ1) is 12.9. The van der Waals surface area contributed by atoms with Gasteiger partial charge in [0.1, 0.15) is 12.0 Å². The molecule has 1 aliphatic heterocycles. The summed E-state index contributed by atoms with van der Waals surface area (Å²) in [6.45, 7) is 3.43. The Kier molecular flexibility index (Phi) is 9.48. The van der Waals surface area contributed by atoms with Gasteiger partial charge in [0.25, 0.3) is 5.91 Å². The second kappa shape index (κ2) is 10.9. The number of rotatable bonds is 4. The van der Waals surface area contributed by atoms with E-state index in [2.05, 4.69) is 4.90 Å². The van der Waals surface area contributed by atoms with Crippen molar-refractivity contribution < 1.29 is 22.4 Å². The topological polar surface area (TPSA) is 62.7 Å². The van der Waals surface area contributed by atoms with E-state index in [1.807, 2.05) is 0 Å². The lowest BCUT2D eigenvalue weighted by Gasteiger charge is -2.22. The number of halogens is 5. The molecular formula is C19H24Cl2F3N3O2. The molecule has 1 aromatic heterocycles. The van der Waals surface area contributed by atoms with Gasteiger partial charge < -0.3 is 15.1 Å². The largest absolute Gasteiger partial charge is 0.467 e. The second-order valence-electron chi connectivity index (χ2n) is 6.62. The highest BCUT2D eigenvalue weighted by atomic mass is 35.5. The number of hydrogen-bond donors (Lipinski definition) is 1. The Morgan fingerprint density at radius 1 is 1.07 bits per heavy atom. The van der Waals surface area contributed by atoms with Gasteiger partial charge in [-0.25, -0.2) is 0 Å². The minimum Gasteiger partial charge on any atom is -0.467 e. The normalized spacial score (nSPS) is 15.2. The van der Waals surface area contributed by atoms with Crippen molar-refractivity contribution >= 4 is 30.7 Å². The lowest BCUT2D eigenvalue weighted by atomic mass is 10.1. The van der Waals surface area contributed by atoms with E-state index < -0.39 is 11.7 Å². The highest BCUT2D eigenvalue weighted by molar-refractivity contribution is 5.94. The molecule has 0 radical (unpaired) electrons. The van der Waals surface area contributed by atoms with Crippen molar-refractivity contribution in [3.8, 4) is 0 Å². The number of furan rings is 1. The summed E-state index contributed by atoms with van der Waals surface area (Å²) in [6.07, 6.45) is -2.10. The first-order valence-corrected chi connectivity index (χ1v) is 8.82. The van der Waals surface area contributed by atoms with Crippen LogP contribution in [-0.2, 0) is 19.3 Å². The molecule has 2 heterocycles. The Labute approximate surface area is 179 Å². The fourth-order valence-corrected chi connectivity index (χ4v) is 3.17. The lowest BCUT2D eigenvalue weighted by molar-refractivity contribution is -0.137. The van der Waals surface area contributed by atoms with E-state index in [1.165, 1.54) is 18.4 Å². The maximum atomic E-state index is 12.7. The molecule has 0 aliphatic carbocycles. The number of nitrogens with zero attached hydrogens (tertiary/aromatic N) is 2. The van der Waals surface area contributed by atoms with Crippen LogP contribution in [-0.4, -0.2) is 41.9 Å². The summed E-state index contributed by atoms with van der Waals surface area (Å²) < 4.78 is 43.2. The Morgan fingerprint density at radius 2 is 1.76 bits per heavy atom. The van der Waals surface area contributed by atoms with E-state index in [4.69, 9.17) is 10.2 Å². The molecule has 1 fully saturated rings. The van der Waals surface area contributed by atoms with Gasteiger partial charge in [0.05, 0.1) is 17.7 Å². The number of carbonyl (C=O) groups excluding carboxylic acids is 1. The molecule has 1 aliphatic rings. The van der Waals surface area contributed by atoms with Gasteiger partial charge in [0.15, 0.2) is 0 Å². The maximum absolute atomic E-state index is 12.7. The summed E-state index contributed by atoms with van der Waals surface area (Å²) >= 11 is 0. The smallest absolute Gasteiger partial charge is 0.416 e. The van der Waals surface area contributed by atoms with Crippen LogP contribution in [0.25, 0.3) is 0 Å². The molecule has 1 aromatic carbocycles. The van der Waals surface area contributed by atoms with Crippen LogP contribution >= 0.6 is 24.8 Å². The highest BCUT2D eigenvalue weighted by Crippen LogP contribution is 2.29. The predicted octanol–water partition coefficient (Wildman–Crippen LogP) is 3.95. The number of carbonyl (C=O) groups is 1. The number of hydrogen-bond acceptors (Lipinski definition) is 4. The van der Waals surface area contributed by atoms with Crippen molar-refractivity contribution in [2.45, 2.75) is 25.7 Å². The molecule has 3 rings (SSSR count). The number of nitrogens with two attached hydrogens (primary N) is 1. The number of amides is 1. The zero-order chi connectivity index (χ0) is 19.4. The average molecular weight is 454 g/mol. The molecular weight excluding hydrogens is 430 g/mol. The Balaban J connectivity index is 0.00000210. The minimum absolute atomic E-state index is 0. The Bertz CT molecular complexity index is 782. The fraction of sp³-hybridized carbons (Fsp3) is 0.421. The molecule has 2 N–H and O–H groups in total. The highest BCUT2D eigenvalue weighted by Gasteiger charge is 2.30. The van der Waals surface area contributed by atoms with Crippen LogP contribution in [0.2, 0.25) is 0 Å². The van der Waals surface area contributed by atoms with Gasteiger partial charge in [-0.15, -0.1) is 24.8 Å². The molecule has 2 aromatic rings. The molecule has 0 atom stereocenters. The molecule has 10 heteroatoms. The third-order valence-electron chi connectivity index (χ3n) is 4.67. The molecule has 0 unspecified atom stereocenters. The summed E-state index contributed by atoms with van der Waals surface area (Å²) in [5, 5.41) is 0. The van der Waals surface area contributed by atoms with Crippen molar-refractivity contribution in [2.75, 3.05) is 26.2 Å². The van der Waals surface area contributed by atoms with E-state index in [0.717, 1.165) is 30.7 Å². The maximum Gasteiger partial charge on any atom is 0.416 e. The molecule has 5 nitrogen and oxygen atoms in total. The van der Waals surface area contributed by atoms with Gasteiger partial charge in [0, 0.05) is 32.7 Å². The van der Waals surface area contributed by atoms with Gasteiger partial charge in [-0.1, -0.05) is 12.1 Å². The van der Waals surface area contributed by atoms with Crippen LogP contribution in [0.15, 0.2) is 41.0 Å². The standard InChI is InChI=1S/C19H22F3N3O2.2ClH/c20-19(21,22)16-4-2-14(3-5-16)12-24-6-1-7-25(9-8-24)18(26)15-10-17(11-23)27-13-15;;/h2-5,10,13H,1,6-9,11-12,23H2;2*1H. The summed E-state index contributed by atoms with van der Waals surface area (Å²) in [6, 6.07) is 6.90. The molecule has 0 spiro atoms. The molecule has 0 saturated carbocycles. The van der Waals surface area contributed by atoms with E-state index in [0.29, 0.717) is 37.5 Å². The summed E-state index contributed by atoms with van der Waals surface area (Å²) in [4.78, 5) is 16.5. The van der Waals surface area contributed by atoms with Gasteiger partial charge in [-0.3, -0.25) is 9.69 Å². The van der Waals surface area contributed by atoms with Crippen LogP contribution in [0.5, 0.6) is 0 Å². The van der Waals surface area contributed by atoms with Crippen LogP contribution in [0.3, 0.4) is 0 Å². The SMILES string of the molecule is Cl.Cl.NCc1cc(C(=O)N2CCCN(Cc3ccc(C(F)(F)F)cc3)CC2)co1. The fourth-order valence-electron chi connectivity index (χ4n) is 3.17. The van der Waals surface area contributed by atoms with E-state index in [1.54, 1.807) is 11.0 Å². The number of benzene rings is 1. The number of alkyl halides is 3. The lowest BCUT2D eigenvalue weighted by Crippen LogP contribution is -2.34. The van der Waals surface area contributed by atoms with Crippen molar-refractivity contribution in [3.63, 3.8) is 0 Å². The van der Waals surface area contributed by atoms with Gasteiger partial charge >= 0.3 is 6.18 Å². The monoisotopic (exact) mass is 453 g/mol. The molecule has 162 valence electrons. The predicted molar refractivity (Wildman–Crippen MR) is 108 cm³/mol. The van der Waals surface area contributed by atoms with Crippen LogP contribution in [0.4, 0.5) is 13.2 Å². The van der Waals surface area contributed by atoms with E-state index in [-0.39, 0.29) is 37.3 Å². The van der Waals surface area contributed by atoms with Crippen LogP contribution < -0.4 is 5.73 Å². The minimum atomic E-state index is -4.32. The molecule has 1 amide bonds. The zero-order valence-corrected chi connectivity index (χ0v) is 17.3. The molecule has 0 bridgehead atoms. The van der Waals surface area contributed by atoms with Gasteiger partial charge in [-0.2, -0.15) is 13.2 Å². The summed E-state index contributed by atoms with van der Waals surface area (Å²) in [5.41, 5.74) is 6.18. The zero-order valence-electron chi connectivity index (χ0n) is 15.7. The van der Waals surface area contributed by atoms with Crippen LogP contribution in [0.1, 0.15) is 33.7 Å². The Morgan fingerprint density at radius 3 is 2.34 bits per heavy atom. The first-order valence-electron chi connectivity index (χ1n) is 8.82. The summed E-state index contributed by atoms with van der Waals surface area (Å²) in [5.74, 6) is 0.479. The Hall–Kier alpha value is -1.74. The van der Waals surface area contributed by atoms with Crippen molar-refractivity contribution in [3.05, 3.63) is 59.0 Å². The molecule has 29 heavy (non-hydrogen) atoms. The van der Waals surface area contributed by atoms with E-state index >= 15 is 0 Å². The summed E-state index contributed by atoms with van der Waals surface area (Å²) in [7, 11) is 0. The third kappa shape index (κ3) is 6.64. The second-order valence-corrected chi connectivity index (χ2v) is 6.62. The third-order valence-corrected chi connectivity index (χ3v) is 4.67. The van der Waals surface area contributed by atoms with Gasteiger partial charge in [-0.05, 0) is 30.2 Å². The van der Waals surface area contributed by atoms with Crippen molar-refractivity contribution in [1.29, 1.82) is 0 Å².